The van der Waals surface area contributed by atoms with E-state index in [0.29, 0.717) is 23.0 Å². The van der Waals surface area contributed by atoms with Gasteiger partial charge in [-0.3, -0.25) is 4.79 Å². The van der Waals surface area contributed by atoms with Gasteiger partial charge in [0, 0.05) is 23.9 Å². The van der Waals surface area contributed by atoms with Crippen molar-refractivity contribution in [2.24, 2.45) is 0 Å². The van der Waals surface area contributed by atoms with Gasteiger partial charge in [-0.1, -0.05) is 49.0 Å². The Bertz CT molecular complexity index is 1170. The molecule has 2 aromatic carbocycles. The third-order valence-corrected chi connectivity index (χ3v) is 4.37. The Kier molecular flexibility index (Phi) is 4.60. The van der Waals surface area contributed by atoms with Gasteiger partial charge in [0.25, 0.3) is 0 Å². The zero-order valence-corrected chi connectivity index (χ0v) is 15.3. The molecule has 0 radical (unpaired) electrons. The Morgan fingerprint density at radius 2 is 1.86 bits per heavy atom. The highest BCUT2D eigenvalue weighted by Crippen LogP contribution is 2.42. The van der Waals surface area contributed by atoms with E-state index < -0.39 is 0 Å². The minimum atomic E-state index is -0.267. The van der Waals surface area contributed by atoms with E-state index in [-0.39, 0.29) is 5.91 Å². The summed E-state index contributed by atoms with van der Waals surface area (Å²) in [5.74, 6) is 1.10. The lowest BCUT2D eigenvalue weighted by molar-refractivity contribution is -0.111. The van der Waals surface area contributed by atoms with E-state index in [9.17, 15) is 4.79 Å². The van der Waals surface area contributed by atoms with Crippen LogP contribution in [0, 0.1) is 0 Å². The number of fused-ring (bicyclic) bond motifs is 1. The summed E-state index contributed by atoms with van der Waals surface area (Å²) in [6, 6.07) is 17.4. The molecule has 0 aliphatic rings. The molecule has 0 aliphatic carbocycles. The van der Waals surface area contributed by atoms with E-state index in [4.69, 9.17) is 4.42 Å². The van der Waals surface area contributed by atoms with Crippen LogP contribution in [0.4, 0.5) is 11.5 Å². The van der Waals surface area contributed by atoms with Gasteiger partial charge in [0.15, 0.2) is 0 Å². The van der Waals surface area contributed by atoms with Crippen LogP contribution in [0.15, 0.2) is 78.0 Å². The second-order valence-corrected chi connectivity index (χ2v) is 6.10. The van der Waals surface area contributed by atoms with Gasteiger partial charge in [0.2, 0.25) is 11.6 Å². The first-order valence-electron chi connectivity index (χ1n) is 8.75. The Balaban J connectivity index is 1.98. The minimum absolute atomic E-state index is 0.267. The maximum Gasteiger partial charge on any atom is 0.247 e. The van der Waals surface area contributed by atoms with Crippen LogP contribution in [0.3, 0.4) is 0 Å². The lowest BCUT2D eigenvalue weighted by atomic mass is 9.99. The first-order valence-corrected chi connectivity index (χ1v) is 8.75. The fourth-order valence-corrected chi connectivity index (χ4v) is 3.14. The van der Waals surface area contributed by atoms with Crippen LogP contribution in [0.25, 0.3) is 33.6 Å². The number of hydrogen-bond acceptors (Lipinski definition) is 5. The molecule has 0 saturated heterocycles. The van der Waals surface area contributed by atoms with Crippen LogP contribution < -0.4 is 10.6 Å². The standard InChI is InChI=1S/C22H18N4O2/c1-3-17(27)26-16-11-7-10-15(12-16)18-19-21(23-2)24-13-25-22(19)28-20(18)14-8-5-4-6-9-14/h3-13H,1H2,2H3,(H,26,27)(H,23,24,25). The van der Waals surface area contributed by atoms with E-state index in [1.807, 2.05) is 61.6 Å². The number of nitrogens with zero attached hydrogens (tertiary/aromatic N) is 2. The number of furan rings is 1. The number of carbonyl (C=O) groups is 1. The minimum Gasteiger partial charge on any atom is -0.437 e. The first kappa shape index (κ1) is 17.5. The average Bonchev–Trinajstić information content (AvgIpc) is 3.14. The molecule has 0 spiro atoms. The van der Waals surface area contributed by atoms with Crippen molar-refractivity contribution in [1.29, 1.82) is 0 Å². The fraction of sp³-hybridized carbons (Fsp3) is 0.0455. The van der Waals surface area contributed by atoms with Crippen molar-refractivity contribution in [3.05, 3.63) is 73.6 Å². The molecule has 4 rings (SSSR count). The molecule has 0 aliphatic heterocycles. The summed E-state index contributed by atoms with van der Waals surface area (Å²) in [5, 5.41) is 6.69. The van der Waals surface area contributed by atoms with Crippen molar-refractivity contribution in [2.75, 3.05) is 17.7 Å². The summed E-state index contributed by atoms with van der Waals surface area (Å²) >= 11 is 0. The number of nitrogens with one attached hydrogen (secondary N) is 2. The summed E-state index contributed by atoms with van der Waals surface area (Å²) in [4.78, 5) is 20.3. The molecular formula is C22H18N4O2. The lowest BCUT2D eigenvalue weighted by Crippen LogP contribution is -2.07. The number of aromatic nitrogens is 2. The Hall–Kier alpha value is -3.93. The molecule has 4 aromatic rings. The summed E-state index contributed by atoms with van der Waals surface area (Å²) in [6.45, 7) is 3.49. The van der Waals surface area contributed by atoms with Crippen molar-refractivity contribution in [3.8, 4) is 22.5 Å². The number of anilines is 2. The number of amides is 1. The van der Waals surface area contributed by atoms with E-state index in [2.05, 4.69) is 27.2 Å². The van der Waals surface area contributed by atoms with Gasteiger partial charge in [-0.2, -0.15) is 0 Å². The number of hydrogen-bond donors (Lipinski definition) is 2. The van der Waals surface area contributed by atoms with Crippen molar-refractivity contribution in [2.45, 2.75) is 0 Å². The molecule has 2 aromatic heterocycles. The van der Waals surface area contributed by atoms with Gasteiger partial charge in [0.05, 0.1) is 5.39 Å². The lowest BCUT2D eigenvalue weighted by Gasteiger charge is -2.08. The van der Waals surface area contributed by atoms with E-state index >= 15 is 0 Å². The van der Waals surface area contributed by atoms with Gasteiger partial charge in [-0.25, -0.2) is 9.97 Å². The largest absolute Gasteiger partial charge is 0.437 e. The second kappa shape index (κ2) is 7.36. The van der Waals surface area contributed by atoms with Crippen molar-refractivity contribution >= 4 is 28.5 Å². The third-order valence-electron chi connectivity index (χ3n) is 4.37. The van der Waals surface area contributed by atoms with Crippen LogP contribution in [-0.4, -0.2) is 22.9 Å². The normalized spacial score (nSPS) is 10.6. The van der Waals surface area contributed by atoms with E-state index in [1.165, 1.54) is 12.4 Å². The number of carbonyl (C=O) groups excluding carboxylic acids is 1. The number of benzene rings is 2. The molecule has 2 N–H and O–H groups in total. The Morgan fingerprint density at radius 3 is 2.61 bits per heavy atom. The topological polar surface area (TPSA) is 80.1 Å². The van der Waals surface area contributed by atoms with E-state index in [1.54, 1.807) is 0 Å². The van der Waals surface area contributed by atoms with E-state index in [0.717, 1.165) is 22.1 Å². The van der Waals surface area contributed by atoms with Gasteiger partial charge in [-0.05, 0) is 23.8 Å². The van der Waals surface area contributed by atoms with Crippen LogP contribution >= 0.6 is 0 Å². The molecule has 0 saturated carbocycles. The Morgan fingerprint density at radius 1 is 1.07 bits per heavy atom. The monoisotopic (exact) mass is 370 g/mol. The highest BCUT2D eigenvalue weighted by atomic mass is 16.3. The summed E-state index contributed by atoms with van der Waals surface area (Å²) < 4.78 is 6.13. The van der Waals surface area contributed by atoms with Crippen LogP contribution in [0.5, 0.6) is 0 Å². The molecular weight excluding hydrogens is 352 g/mol. The van der Waals surface area contributed by atoms with Crippen molar-refractivity contribution in [3.63, 3.8) is 0 Å². The maximum absolute atomic E-state index is 11.7. The summed E-state index contributed by atoms with van der Waals surface area (Å²) in [5.41, 5.74) is 3.83. The van der Waals surface area contributed by atoms with Gasteiger partial charge in [-0.15, -0.1) is 0 Å². The van der Waals surface area contributed by atoms with Crippen LogP contribution in [-0.2, 0) is 4.79 Å². The number of rotatable bonds is 5. The highest BCUT2D eigenvalue weighted by molar-refractivity contribution is 6.06. The predicted molar refractivity (Wildman–Crippen MR) is 111 cm³/mol. The SMILES string of the molecule is C=CC(=O)Nc1cccc(-c2c(-c3ccccc3)oc3ncnc(NC)c23)c1. The molecule has 2 heterocycles. The maximum atomic E-state index is 11.7. The van der Waals surface area contributed by atoms with Crippen LogP contribution in [0.2, 0.25) is 0 Å². The first-order chi connectivity index (χ1) is 13.7. The average molecular weight is 370 g/mol. The Labute approximate surface area is 161 Å². The zero-order chi connectivity index (χ0) is 19.5. The third kappa shape index (κ3) is 3.12. The van der Waals surface area contributed by atoms with Gasteiger partial charge < -0.3 is 15.1 Å². The molecule has 1 amide bonds. The molecule has 0 fully saturated rings. The zero-order valence-electron chi connectivity index (χ0n) is 15.3. The molecule has 0 bridgehead atoms. The fourth-order valence-electron chi connectivity index (χ4n) is 3.14. The quantitative estimate of drug-likeness (QED) is 0.497. The van der Waals surface area contributed by atoms with Gasteiger partial charge in [0.1, 0.15) is 17.9 Å². The molecule has 6 nitrogen and oxygen atoms in total. The molecule has 0 unspecified atom stereocenters. The van der Waals surface area contributed by atoms with Gasteiger partial charge >= 0.3 is 0 Å². The highest BCUT2D eigenvalue weighted by Gasteiger charge is 2.21. The van der Waals surface area contributed by atoms with Crippen molar-refractivity contribution in [1.82, 2.24) is 9.97 Å². The summed E-state index contributed by atoms with van der Waals surface area (Å²) in [7, 11) is 1.81. The molecule has 138 valence electrons. The van der Waals surface area contributed by atoms with Crippen molar-refractivity contribution < 1.29 is 9.21 Å². The second-order valence-electron chi connectivity index (χ2n) is 6.10. The van der Waals surface area contributed by atoms with Crippen LogP contribution in [0.1, 0.15) is 0 Å². The smallest absolute Gasteiger partial charge is 0.247 e. The summed E-state index contributed by atoms with van der Waals surface area (Å²) in [6.07, 6.45) is 2.71. The molecule has 28 heavy (non-hydrogen) atoms. The predicted octanol–water partition coefficient (Wildman–Crippen LogP) is 4.72. The molecule has 0 atom stereocenters. The molecule has 6 heteroatoms.